The van der Waals surface area contributed by atoms with Crippen molar-refractivity contribution >= 4 is 28.9 Å². The van der Waals surface area contributed by atoms with Gasteiger partial charge in [-0.25, -0.2) is 10.2 Å². The maximum atomic E-state index is 10.9. The first-order valence-corrected chi connectivity index (χ1v) is 5.36. The van der Waals surface area contributed by atoms with Gasteiger partial charge in [-0.15, -0.1) is 11.8 Å². The third kappa shape index (κ3) is 9.07. The number of carboxylic acid groups (broad SMARTS) is 1. The van der Waals surface area contributed by atoms with Crippen LogP contribution in [-0.4, -0.2) is 34.6 Å². The lowest BCUT2D eigenvalue weighted by Gasteiger charge is -2.01. The minimum absolute atomic E-state index is 0.260. The number of hydrogen-bond donors (Lipinski definition) is 2. The summed E-state index contributed by atoms with van der Waals surface area (Å²) in [4.78, 5) is 21.0. The largest absolute Gasteiger partial charge is 0.466 e. The molecule has 0 atom stereocenters. The molecular weight excluding hydrogens is 220 g/mol. The molecule has 0 radical (unpaired) electrons. The van der Waals surface area contributed by atoms with Crippen molar-refractivity contribution in [2.24, 2.45) is 5.10 Å². The van der Waals surface area contributed by atoms with Crippen LogP contribution >= 0.6 is 11.8 Å². The summed E-state index contributed by atoms with van der Waals surface area (Å²) in [7, 11) is 0. The molecule has 0 spiro atoms. The van der Waals surface area contributed by atoms with Gasteiger partial charge in [-0.2, -0.15) is 5.10 Å². The van der Waals surface area contributed by atoms with Crippen molar-refractivity contribution in [1.82, 2.24) is 5.43 Å². The lowest BCUT2D eigenvalue weighted by atomic mass is 10.5. The molecule has 15 heavy (non-hydrogen) atoms. The Morgan fingerprint density at radius 2 is 2.20 bits per heavy atom. The van der Waals surface area contributed by atoms with E-state index in [9.17, 15) is 9.59 Å². The molecule has 0 rings (SSSR count). The molecule has 0 bridgehead atoms. The first-order valence-electron chi connectivity index (χ1n) is 4.38. The van der Waals surface area contributed by atoms with Crippen LogP contribution in [-0.2, 0) is 9.53 Å². The third-order valence-electron chi connectivity index (χ3n) is 1.23. The normalized spacial score (nSPS) is 10.9. The van der Waals surface area contributed by atoms with Crippen LogP contribution in [0.4, 0.5) is 4.79 Å². The highest BCUT2D eigenvalue weighted by Crippen LogP contribution is 2.05. The van der Waals surface area contributed by atoms with Crippen molar-refractivity contribution in [2.75, 3.05) is 12.4 Å². The van der Waals surface area contributed by atoms with E-state index in [1.807, 2.05) is 5.43 Å². The molecule has 0 aromatic carbocycles. The van der Waals surface area contributed by atoms with Gasteiger partial charge >= 0.3 is 12.1 Å². The molecule has 6 nitrogen and oxygen atoms in total. The molecule has 86 valence electrons. The molecule has 0 fully saturated rings. The minimum atomic E-state index is -1.21. The first-order chi connectivity index (χ1) is 7.06. The Bertz CT molecular complexity index is 255. The molecule has 0 aliphatic rings. The van der Waals surface area contributed by atoms with E-state index in [0.717, 1.165) is 0 Å². The van der Waals surface area contributed by atoms with Crippen molar-refractivity contribution in [2.45, 2.75) is 20.3 Å². The molecule has 0 aromatic rings. The van der Waals surface area contributed by atoms with Gasteiger partial charge in [0.1, 0.15) is 0 Å². The third-order valence-corrected chi connectivity index (χ3v) is 2.15. The van der Waals surface area contributed by atoms with E-state index >= 15 is 0 Å². The number of thioether (sulfide) groups is 1. The number of rotatable bonds is 5. The zero-order chi connectivity index (χ0) is 11.7. The van der Waals surface area contributed by atoms with E-state index in [-0.39, 0.29) is 5.97 Å². The molecule has 0 aliphatic carbocycles. The Hall–Kier alpha value is -1.24. The summed E-state index contributed by atoms with van der Waals surface area (Å²) in [5.74, 6) is 0.263. The fourth-order valence-corrected chi connectivity index (χ4v) is 1.35. The highest BCUT2D eigenvalue weighted by Gasteiger charge is 2.02. The molecule has 7 heteroatoms. The smallest absolute Gasteiger partial charge is 0.425 e. The second-order valence-electron chi connectivity index (χ2n) is 2.45. The zero-order valence-corrected chi connectivity index (χ0v) is 9.47. The molecule has 0 heterocycles. The number of nitrogens with zero attached hydrogens (tertiary/aromatic N) is 1. The maximum Gasteiger partial charge on any atom is 0.425 e. The van der Waals surface area contributed by atoms with Crippen LogP contribution < -0.4 is 5.43 Å². The van der Waals surface area contributed by atoms with Gasteiger partial charge in [0.25, 0.3) is 0 Å². The number of amides is 1. The van der Waals surface area contributed by atoms with E-state index in [1.54, 1.807) is 13.8 Å². The average molecular weight is 234 g/mol. The van der Waals surface area contributed by atoms with Crippen LogP contribution in [0.5, 0.6) is 0 Å². The minimum Gasteiger partial charge on any atom is -0.466 e. The first kappa shape index (κ1) is 13.8. The van der Waals surface area contributed by atoms with Crippen LogP contribution in [0.2, 0.25) is 0 Å². The van der Waals surface area contributed by atoms with E-state index in [4.69, 9.17) is 9.84 Å². The highest BCUT2D eigenvalue weighted by atomic mass is 32.2. The van der Waals surface area contributed by atoms with Gasteiger partial charge in [0.15, 0.2) is 0 Å². The molecular formula is C8H14N2O4S. The van der Waals surface area contributed by atoms with E-state index in [2.05, 4.69) is 5.10 Å². The number of hydrogen-bond acceptors (Lipinski definition) is 5. The van der Waals surface area contributed by atoms with Gasteiger partial charge in [0.2, 0.25) is 0 Å². The highest BCUT2D eigenvalue weighted by molar-refractivity contribution is 8.13. The summed E-state index contributed by atoms with van der Waals surface area (Å²) >= 11 is 1.30. The molecule has 0 aliphatic heterocycles. The number of hydrazone groups is 1. The lowest BCUT2D eigenvalue weighted by Crippen LogP contribution is -2.15. The van der Waals surface area contributed by atoms with Crippen LogP contribution in [0.15, 0.2) is 5.10 Å². The molecule has 0 saturated heterocycles. The van der Waals surface area contributed by atoms with Gasteiger partial charge < -0.3 is 9.84 Å². The van der Waals surface area contributed by atoms with Crippen molar-refractivity contribution in [1.29, 1.82) is 0 Å². The van der Waals surface area contributed by atoms with Gasteiger partial charge in [-0.1, -0.05) is 0 Å². The molecule has 0 aromatic heterocycles. The number of nitrogens with one attached hydrogen (secondary N) is 1. The molecule has 1 amide bonds. The standard InChI is InChI=1S/C8H14N2O4S/c1-3-14-7(11)4-5-15-6(2)9-10-8(12)13/h10H,3-5H2,1-2H3,(H,12,13)/b9-6-. The monoisotopic (exact) mass is 234 g/mol. The Kier molecular flexibility index (Phi) is 7.43. The number of ether oxygens (including phenoxy) is 1. The van der Waals surface area contributed by atoms with Crippen LogP contribution in [0.25, 0.3) is 0 Å². The quantitative estimate of drug-likeness (QED) is 0.324. The van der Waals surface area contributed by atoms with Crippen molar-refractivity contribution in [3.8, 4) is 0 Å². The van der Waals surface area contributed by atoms with Crippen molar-refractivity contribution < 1.29 is 19.4 Å². The topological polar surface area (TPSA) is 88.0 Å². The Morgan fingerprint density at radius 3 is 2.73 bits per heavy atom. The fourth-order valence-electron chi connectivity index (χ4n) is 0.674. The predicted octanol–water partition coefficient (Wildman–Crippen LogP) is 1.27. The van der Waals surface area contributed by atoms with Gasteiger partial charge in [0.05, 0.1) is 18.1 Å². The second kappa shape index (κ2) is 8.10. The maximum absolute atomic E-state index is 10.9. The molecule has 0 saturated carbocycles. The summed E-state index contributed by atoms with van der Waals surface area (Å²) in [5.41, 5.74) is 1.88. The van der Waals surface area contributed by atoms with Crippen LogP contribution in [0.3, 0.4) is 0 Å². The number of esters is 1. The van der Waals surface area contributed by atoms with Gasteiger partial charge in [-0.05, 0) is 13.8 Å². The van der Waals surface area contributed by atoms with Crippen LogP contribution in [0.1, 0.15) is 20.3 Å². The van der Waals surface area contributed by atoms with E-state index in [0.29, 0.717) is 23.8 Å². The Morgan fingerprint density at radius 1 is 1.53 bits per heavy atom. The summed E-state index contributed by atoms with van der Waals surface area (Å²) in [6.07, 6.45) is -0.918. The summed E-state index contributed by atoms with van der Waals surface area (Å²) in [5, 5.41) is 12.3. The second-order valence-corrected chi connectivity index (χ2v) is 3.74. The Labute approximate surface area is 92.1 Å². The lowest BCUT2D eigenvalue weighted by molar-refractivity contribution is -0.142. The predicted molar refractivity (Wildman–Crippen MR) is 58.0 cm³/mol. The number of carbonyl (C=O) groups excluding carboxylic acids is 1. The molecule has 0 unspecified atom stereocenters. The number of carbonyl (C=O) groups is 2. The van der Waals surface area contributed by atoms with Gasteiger partial charge in [-0.3, -0.25) is 4.79 Å². The fraction of sp³-hybridized carbons (Fsp3) is 0.625. The van der Waals surface area contributed by atoms with Crippen LogP contribution in [0, 0.1) is 0 Å². The van der Waals surface area contributed by atoms with E-state index in [1.165, 1.54) is 11.8 Å². The summed E-state index contributed by atoms with van der Waals surface area (Å²) in [6.45, 7) is 3.78. The summed E-state index contributed by atoms with van der Waals surface area (Å²) in [6, 6.07) is 0. The summed E-state index contributed by atoms with van der Waals surface area (Å²) < 4.78 is 4.72. The van der Waals surface area contributed by atoms with Gasteiger partial charge in [0, 0.05) is 5.75 Å². The van der Waals surface area contributed by atoms with Crippen molar-refractivity contribution in [3.63, 3.8) is 0 Å². The zero-order valence-electron chi connectivity index (χ0n) is 8.65. The molecule has 2 N–H and O–H groups in total. The van der Waals surface area contributed by atoms with Crippen molar-refractivity contribution in [3.05, 3.63) is 0 Å². The SMILES string of the molecule is CCOC(=O)CCS/C(C)=N\NC(=O)O. The average Bonchev–Trinajstić information content (AvgIpc) is 2.15. The Balaban J connectivity index is 3.62. The van der Waals surface area contributed by atoms with E-state index < -0.39 is 6.09 Å².